The van der Waals surface area contributed by atoms with Crippen molar-refractivity contribution in [2.75, 3.05) is 7.11 Å². The molecule has 1 rings (SSSR count). The number of rotatable bonds is 6. The van der Waals surface area contributed by atoms with Crippen LogP contribution in [0.4, 0.5) is 0 Å². The van der Waals surface area contributed by atoms with Gasteiger partial charge in [0.05, 0.1) is 27.1 Å². The van der Waals surface area contributed by atoms with Gasteiger partial charge in [-0.15, -0.1) is 0 Å². The number of esters is 1. The van der Waals surface area contributed by atoms with E-state index in [1.807, 2.05) is 7.05 Å². The Morgan fingerprint density at radius 3 is 2.82 bits per heavy atom. The zero-order valence-corrected chi connectivity index (χ0v) is 12.4. The van der Waals surface area contributed by atoms with Crippen LogP contribution in [0.3, 0.4) is 0 Å². The number of halogens is 1. The molecule has 0 amide bonds. The van der Waals surface area contributed by atoms with E-state index in [1.54, 1.807) is 0 Å². The average Bonchev–Trinajstić information content (AvgIpc) is 2.64. The quantitative estimate of drug-likeness (QED) is 0.460. The van der Waals surface area contributed by atoms with Crippen molar-refractivity contribution in [2.45, 2.75) is 39.2 Å². The summed E-state index contributed by atoms with van der Waals surface area (Å²) in [5, 5.41) is 0. The topological polar surface area (TPSA) is 35.1 Å². The molecule has 0 radical (unpaired) electrons. The van der Waals surface area contributed by atoms with Crippen LogP contribution < -0.4 is 21.5 Å². The summed E-state index contributed by atoms with van der Waals surface area (Å²) in [4.78, 5) is 11.0. The molecule has 0 spiro atoms. The van der Waals surface area contributed by atoms with E-state index in [1.165, 1.54) is 25.6 Å². The van der Waals surface area contributed by atoms with Crippen molar-refractivity contribution in [3.8, 4) is 0 Å². The van der Waals surface area contributed by atoms with Crippen molar-refractivity contribution < 1.29 is 31.1 Å². The standard InChI is InChI=1S/C12H21N2O2.BrH/c1-4-5-8-14-9-11(13(2)10-14)6-7-12(15)16-3;/h9-10H,4-8H2,1-3H3;1H/q+1;/p-1. The Morgan fingerprint density at radius 2 is 2.24 bits per heavy atom. The van der Waals surface area contributed by atoms with Crippen molar-refractivity contribution in [3.05, 3.63) is 18.2 Å². The first-order chi connectivity index (χ1) is 7.67. The molecule has 1 heterocycles. The third kappa shape index (κ3) is 5.35. The third-order valence-corrected chi connectivity index (χ3v) is 2.67. The molecule has 0 aromatic carbocycles. The first-order valence-corrected chi connectivity index (χ1v) is 5.78. The number of aryl methyl sites for hydroxylation is 3. The van der Waals surface area contributed by atoms with Crippen LogP contribution in [0.2, 0.25) is 0 Å². The molecule has 0 bridgehead atoms. The molecule has 0 unspecified atom stereocenters. The number of aromatic nitrogens is 2. The first-order valence-electron chi connectivity index (χ1n) is 5.78. The molecule has 1 aromatic rings. The van der Waals surface area contributed by atoms with E-state index < -0.39 is 0 Å². The highest BCUT2D eigenvalue weighted by Crippen LogP contribution is 2.01. The van der Waals surface area contributed by atoms with Crippen molar-refractivity contribution in [1.82, 2.24) is 4.57 Å². The first kappa shape index (κ1) is 16.2. The number of hydrogen-bond acceptors (Lipinski definition) is 2. The van der Waals surface area contributed by atoms with E-state index in [0.29, 0.717) is 6.42 Å². The number of hydrogen-bond donors (Lipinski definition) is 0. The Balaban J connectivity index is 0.00000256. The molecule has 0 aliphatic heterocycles. The van der Waals surface area contributed by atoms with Gasteiger partial charge in [-0.25, -0.2) is 9.13 Å². The van der Waals surface area contributed by atoms with E-state index in [4.69, 9.17) is 0 Å². The molecule has 5 heteroatoms. The molecule has 0 aliphatic carbocycles. The van der Waals surface area contributed by atoms with Gasteiger partial charge in [-0.1, -0.05) is 13.3 Å². The summed E-state index contributed by atoms with van der Waals surface area (Å²) in [5.41, 5.74) is 1.17. The molecule has 1 aromatic heterocycles. The number of imidazole rings is 1. The second kappa shape index (κ2) is 8.28. The molecule has 0 atom stereocenters. The van der Waals surface area contributed by atoms with E-state index >= 15 is 0 Å². The Bertz CT molecular complexity index is 350. The Morgan fingerprint density at radius 1 is 1.53 bits per heavy atom. The van der Waals surface area contributed by atoms with Crippen molar-refractivity contribution in [1.29, 1.82) is 0 Å². The van der Waals surface area contributed by atoms with Gasteiger partial charge in [-0.3, -0.25) is 4.79 Å². The maximum Gasteiger partial charge on any atom is 0.305 e. The highest BCUT2D eigenvalue weighted by molar-refractivity contribution is 5.69. The van der Waals surface area contributed by atoms with Crippen LogP contribution in [0.5, 0.6) is 0 Å². The number of carbonyl (C=O) groups excluding carboxylic acids is 1. The van der Waals surface area contributed by atoms with Gasteiger partial charge < -0.3 is 21.7 Å². The monoisotopic (exact) mass is 304 g/mol. The van der Waals surface area contributed by atoms with E-state index in [9.17, 15) is 4.79 Å². The van der Waals surface area contributed by atoms with E-state index in [-0.39, 0.29) is 23.0 Å². The fraction of sp³-hybridized carbons (Fsp3) is 0.667. The van der Waals surface area contributed by atoms with Gasteiger partial charge in [-0.05, 0) is 6.42 Å². The van der Waals surface area contributed by atoms with Crippen LogP contribution in [-0.2, 0) is 29.5 Å². The summed E-state index contributed by atoms with van der Waals surface area (Å²) in [7, 11) is 3.43. The van der Waals surface area contributed by atoms with Crippen molar-refractivity contribution in [3.63, 3.8) is 0 Å². The lowest BCUT2D eigenvalue weighted by Crippen LogP contribution is -3.00. The number of nitrogens with zero attached hydrogens (tertiary/aromatic N) is 2. The second-order valence-corrected chi connectivity index (χ2v) is 4.01. The van der Waals surface area contributed by atoms with Crippen molar-refractivity contribution >= 4 is 5.97 Å². The van der Waals surface area contributed by atoms with Crippen LogP contribution in [0.25, 0.3) is 0 Å². The Labute approximate surface area is 113 Å². The number of ether oxygens (including phenoxy) is 1. The molecule has 0 aliphatic rings. The van der Waals surface area contributed by atoms with Crippen molar-refractivity contribution in [2.24, 2.45) is 7.05 Å². The molecular formula is C12H21BrN2O2. The summed E-state index contributed by atoms with van der Waals surface area (Å²) in [6, 6.07) is 0. The lowest BCUT2D eigenvalue weighted by Gasteiger charge is -1.96. The molecule has 0 N–H and O–H groups in total. The molecule has 0 saturated carbocycles. The zero-order valence-electron chi connectivity index (χ0n) is 10.8. The maximum absolute atomic E-state index is 11.0. The third-order valence-electron chi connectivity index (χ3n) is 2.67. The second-order valence-electron chi connectivity index (χ2n) is 4.01. The Hall–Kier alpha value is -0.840. The van der Waals surface area contributed by atoms with Gasteiger partial charge in [0.1, 0.15) is 11.9 Å². The number of methoxy groups -OCH3 is 1. The fourth-order valence-corrected chi connectivity index (χ4v) is 1.65. The van der Waals surface area contributed by atoms with E-state index in [2.05, 4.69) is 33.3 Å². The van der Waals surface area contributed by atoms with Gasteiger partial charge in [0.15, 0.2) is 0 Å². The van der Waals surface area contributed by atoms with Crippen LogP contribution in [-0.4, -0.2) is 17.6 Å². The molecule has 0 fully saturated rings. The largest absolute Gasteiger partial charge is 1.00 e. The lowest BCUT2D eigenvalue weighted by atomic mass is 10.2. The number of carbonyl (C=O) groups is 1. The smallest absolute Gasteiger partial charge is 0.305 e. The normalized spacial score (nSPS) is 9.82. The predicted molar refractivity (Wildman–Crippen MR) is 60.9 cm³/mol. The van der Waals surface area contributed by atoms with Gasteiger partial charge in [0.2, 0.25) is 6.33 Å². The lowest BCUT2D eigenvalue weighted by molar-refractivity contribution is -0.678. The van der Waals surface area contributed by atoms with Gasteiger partial charge in [0.25, 0.3) is 0 Å². The van der Waals surface area contributed by atoms with Gasteiger partial charge in [0, 0.05) is 6.42 Å². The van der Waals surface area contributed by atoms with Crippen LogP contribution >= 0.6 is 0 Å². The Kier molecular flexibility index (Phi) is 7.87. The molecule has 0 saturated heterocycles. The molecule has 17 heavy (non-hydrogen) atoms. The molecule has 98 valence electrons. The minimum atomic E-state index is -0.152. The van der Waals surface area contributed by atoms with Crippen LogP contribution in [0.1, 0.15) is 31.9 Å². The summed E-state index contributed by atoms with van der Waals surface area (Å²) in [6.45, 7) is 3.23. The maximum atomic E-state index is 11.0. The SMILES string of the molecule is CCCCn1cc(CCC(=O)OC)[n+](C)c1.[Br-]. The number of unbranched alkanes of at least 4 members (excludes halogenated alkanes) is 1. The highest BCUT2D eigenvalue weighted by atomic mass is 79.9. The fourth-order valence-electron chi connectivity index (χ4n) is 1.65. The summed E-state index contributed by atoms with van der Waals surface area (Å²) in [5.74, 6) is -0.152. The average molecular weight is 305 g/mol. The molecular weight excluding hydrogens is 284 g/mol. The predicted octanol–water partition coefficient (Wildman–Crippen LogP) is -1.78. The zero-order chi connectivity index (χ0) is 12.0. The van der Waals surface area contributed by atoms with Crippen LogP contribution in [0.15, 0.2) is 12.5 Å². The van der Waals surface area contributed by atoms with Gasteiger partial charge >= 0.3 is 5.97 Å². The summed E-state index contributed by atoms with van der Waals surface area (Å²) in [6.07, 6.45) is 7.75. The summed E-state index contributed by atoms with van der Waals surface area (Å²) >= 11 is 0. The molecule has 4 nitrogen and oxygen atoms in total. The van der Waals surface area contributed by atoms with Gasteiger partial charge in [-0.2, -0.15) is 0 Å². The highest BCUT2D eigenvalue weighted by Gasteiger charge is 2.11. The van der Waals surface area contributed by atoms with Crippen LogP contribution in [0, 0.1) is 0 Å². The van der Waals surface area contributed by atoms with E-state index in [0.717, 1.165) is 13.0 Å². The minimum absolute atomic E-state index is 0. The summed E-state index contributed by atoms with van der Waals surface area (Å²) < 4.78 is 8.87. The minimum Gasteiger partial charge on any atom is -1.00 e.